The van der Waals surface area contributed by atoms with Crippen molar-refractivity contribution >= 4 is 5.97 Å². The van der Waals surface area contributed by atoms with Crippen LogP contribution in [0.15, 0.2) is 12.1 Å². The summed E-state index contributed by atoms with van der Waals surface area (Å²) in [5.41, 5.74) is 2.10. The molecule has 0 spiro atoms. The maximum atomic E-state index is 11.1. The highest BCUT2D eigenvalue weighted by molar-refractivity contribution is 5.74. The first-order valence-electron chi connectivity index (χ1n) is 5.56. The zero-order valence-corrected chi connectivity index (χ0v) is 10.2. The Bertz CT molecular complexity index is 453. The van der Waals surface area contributed by atoms with Crippen molar-refractivity contribution in [1.82, 2.24) is 0 Å². The van der Waals surface area contributed by atoms with Gasteiger partial charge >= 0.3 is 5.97 Å². The van der Waals surface area contributed by atoms with Gasteiger partial charge in [0, 0.05) is 0 Å². The average Bonchev–Trinajstić information content (AvgIpc) is 2.64. The molecule has 1 aromatic carbocycles. The summed E-state index contributed by atoms with van der Waals surface area (Å²) >= 11 is 0. The van der Waals surface area contributed by atoms with E-state index < -0.39 is 5.97 Å². The minimum Gasteiger partial charge on any atom is -0.493 e. The topological polar surface area (TPSA) is 55.8 Å². The second kappa shape index (κ2) is 4.28. The molecule has 0 radical (unpaired) electrons. The number of hydrogen-bond donors (Lipinski definition) is 1. The van der Waals surface area contributed by atoms with Crippen LogP contribution in [-0.4, -0.2) is 25.3 Å². The number of aliphatic carboxylic acids is 1. The van der Waals surface area contributed by atoms with Gasteiger partial charge in [0.1, 0.15) is 0 Å². The lowest BCUT2D eigenvalue weighted by Crippen LogP contribution is -2.16. The van der Waals surface area contributed by atoms with Crippen LogP contribution in [0.4, 0.5) is 0 Å². The van der Waals surface area contributed by atoms with Crippen LogP contribution in [0, 0.1) is 5.92 Å². The third-order valence-electron chi connectivity index (χ3n) is 3.50. The van der Waals surface area contributed by atoms with E-state index in [1.165, 1.54) is 0 Å². The van der Waals surface area contributed by atoms with Gasteiger partial charge in [-0.1, -0.05) is 6.92 Å². The molecule has 1 aliphatic carbocycles. The molecular weight excluding hydrogens is 220 g/mol. The number of carboxylic acids is 1. The predicted molar refractivity (Wildman–Crippen MR) is 62.8 cm³/mol. The van der Waals surface area contributed by atoms with Crippen LogP contribution in [0.1, 0.15) is 24.0 Å². The Labute approximate surface area is 100 Å². The molecule has 1 aliphatic rings. The average molecular weight is 236 g/mol. The normalized spacial score (nSPS) is 22.1. The summed E-state index contributed by atoms with van der Waals surface area (Å²) in [6, 6.07) is 3.77. The van der Waals surface area contributed by atoms with E-state index in [0.29, 0.717) is 17.9 Å². The SMILES string of the molecule is COc1cc2c(cc1OC)[C@H](C)[C@H](C(=O)O)C2. The Balaban J connectivity index is 2.45. The minimum absolute atomic E-state index is 0.0160. The first-order chi connectivity index (χ1) is 8.08. The molecule has 1 N–H and O–H groups in total. The first-order valence-corrected chi connectivity index (χ1v) is 5.56. The fourth-order valence-electron chi connectivity index (χ4n) is 2.47. The highest BCUT2D eigenvalue weighted by Gasteiger charge is 2.35. The van der Waals surface area contributed by atoms with E-state index in [2.05, 4.69) is 0 Å². The fraction of sp³-hybridized carbons (Fsp3) is 0.462. The first kappa shape index (κ1) is 11.8. The van der Waals surface area contributed by atoms with Crippen LogP contribution < -0.4 is 9.47 Å². The highest BCUT2D eigenvalue weighted by atomic mass is 16.5. The maximum Gasteiger partial charge on any atom is 0.307 e. The minimum atomic E-state index is -0.744. The lowest BCUT2D eigenvalue weighted by Gasteiger charge is -2.12. The number of carboxylic acid groups (broad SMARTS) is 1. The second-order valence-corrected chi connectivity index (χ2v) is 4.34. The fourth-order valence-corrected chi connectivity index (χ4v) is 2.47. The van der Waals surface area contributed by atoms with Crippen molar-refractivity contribution in [2.75, 3.05) is 14.2 Å². The third-order valence-corrected chi connectivity index (χ3v) is 3.50. The Morgan fingerprint density at radius 3 is 2.41 bits per heavy atom. The maximum absolute atomic E-state index is 11.1. The molecule has 0 aliphatic heterocycles. The van der Waals surface area contributed by atoms with E-state index in [0.717, 1.165) is 11.1 Å². The van der Waals surface area contributed by atoms with Crippen LogP contribution >= 0.6 is 0 Å². The van der Waals surface area contributed by atoms with Gasteiger partial charge in [-0.05, 0) is 35.6 Å². The molecule has 0 saturated carbocycles. The number of methoxy groups -OCH3 is 2. The molecule has 4 heteroatoms. The van der Waals surface area contributed by atoms with Gasteiger partial charge in [-0.15, -0.1) is 0 Å². The van der Waals surface area contributed by atoms with E-state index in [-0.39, 0.29) is 11.8 Å². The van der Waals surface area contributed by atoms with Crippen molar-refractivity contribution in [2.45, 2.75) is 19.3 Å². The van der Waals surface area contributed by atoms with Gasteiger partial charge in [0.05, 0.1) is 20.1 Å². The van der Waals surface area contributed by atoms with E-state index in [9.17, 15) is 4.79 Å². The molecule has 0 heterocycles. The van der Waals surface area contributed by atoms with Gasteiger partial charge in [0.2, 0.25) is 0 Å². The summed E-state index contributed by atoms with van der Waals surface area (Å²) in [4.78, 5) is 11.1. The Morgan fingerprint density at radius 2 is 1.88 bits per heavy atom. The third kappa shape index (κ3) is 1.84. The van der Waals surface area contributed by atoms with Gasteiger partial charge in [-0.25, -0.2) is 0 Å². The van der Waals surface area contributed by atoms with Crippen LogP contribution in [0.5, 0.6) is 11.5 Å². The van der Waals surface area contributed by atoms with E-state index >= 15 is 0 Å². The largest absolute Gasteiger partial charge is 0.493 e. The van der Waals surface area contributed by atoms with Gasteiger partial charge in [-0.2, -0.15) is 0 Å². The monoisotopic (exact) mass is 236 g/mol. The van der Waals surface area contributed by atoms with E-state index in [1.807, 2.05) is 19.1 Å². The summed E-state index contributed by atoms with van der Waals surface area (Å²) in [5.74, 6) is 0.240. The highest BCUT2D eigenvalue weighted by Crippen LogP contribution is 2.43. The molecule has 0 aromatic heterocycles. The number of fused-ring (bicyclic) bond motifs is 1. The summed E-state index contributed by atoms with van der Waals surface area (Å²) in [6.07, 6.45) is 0.562. The molecule has 0 unspecified atom stereocenters. The van der Waals surface area contributed by atoms with Crippen molar-refractivity contribution in [3.63, 3.8) is 0 Å². The zero-order chi connectivity index (χ0) is 12.6. The van der Waals surface area contributed by atoms with Gasteiger partial charge < -0.3 is 14.6 Å². The Hall–Kier alpha value is -1.71. The Kier molecular flexibility index (Phi) is 2.96. The van der Waals surface area contributed by atoms with Crippen molar-refractivity contribution in [2.24, 2.45) is 5.92 Å². The van der Waals surface area contributed by atoms with Crippen molar-refractivity contribution in [1.29, 1.82) is 0 Å². The number of ether oxygens (including phenoxy) is 2. The molecule has 0 amide bonds. The van der Waals surface area contributed by atoms with E-state index in [4.69, 9.17) is 14.6 Å². The van der Waals surface area contributed by atoms with Gasteiger partial charge in [0.25, 0.3) is 0 Å². The Morgan fingerprint density at radius 1 is 1.29 bits per heavy atom. The number of benzene rings is 1. The van der Waals surface area contributed by atoms with E-state index in [1.54, 1.807) is 14.2 Å². The second-order valence-electron chi connectivity index (χ2n) is 4.34. The summed E-state index contributed by atoms with van der Waals surface area (Å²) in [7, 11) is 3.16. The molecule has 92 valence electrons. The van der Waals surface area contributed by atoms with Gasteiger partial charge in [-0.3, -0.25) is 4.79 Å². The van der Waals surface area contributed by atoms with Gasteiger partial charge in [0.15, 0.2) is 11.5 Å². The van der Waals surface area contributed by atoms with Crippen LogP contribution in [0.25, 0.3) is 0 Å². The van der Waals surface area contributed by atoms with Crippen LogP contribution in [-0.2, 0) is 11.2 Å². The van der Waals surface area contributed by atoms with Crippen molar-refractivity contribution in [3.05, 3.63) is 23.3 Å². The van der Waals surface area contributed by atoms with Crippen LogP contribution in [0.3, 0.4) is 0 Å². The standard InChI is InChI=1S/C13H16O4/c1-7-9-6-12(17-3)11(16-2)5-8(9)4-10(7)13(14)15/h5-7,10H,4H2,1-3H3,(H,14,15)/t7-,10+/m0/s1. The molecule has 0 fully saturated rings. The lowest BCUT2D eigenvalue weighted by molar-refractivity contribution is -0.142. The number of carbonyl (C=O) groups is 1. The smallest absolute Gasteiger partial charge is 0.307 e. The summed E-state index contributed by atoms with van der Waals surface area (Å²) in [5, 5.41) is 9.15. The molecular formula is C13H16O4. The summed E-state index contributed by atoms with van der Waals surface area (Å²) < 4.78 is 10.5. The lowest BCUT2D eigenvalue weighted by atomic mass is 9.95. The molecule has 4 nitrogen and oxygen atoms in total. The zero-order valence-electron chi connectivity index (χ0n) is 10.2. The molecule has 2 atom stereocenters. The quantitative estimate of drug-likeness (QED) is 0.872. The van der Waals surface area contributed by atoms with Crippen LogP contribution in [0.2, 0.25) is 0 Å². The molecule has 0 bridgehead atoms. The predicted octanol–water partition coefficient (Wildman–Crippen LogP) is 2.06. The summed E-state index contributed by atoms with van der Waals surface area (Å²) in [6.45, 7) is 1.94. The molecule has 1 aromatic rings. The van der Waals surface area contributed by atoms with Crippen molar-refractivity contribution in [3.8, 4) is 11.5 Å². The number of hydrogen-bond acceptors (Lipinski definition) is 3. The molecule has 0 saturated heterocycles. The van der Waals surface area contributed by atoms with Crippen molar-refractivity contribution < 1.29 is 19.4 Å². The molecule has 17 heavy (non-hydrogen) atoms. The number of rotatable bonds is 3. The molecule has 2 rings (SSSR count).